The van der Waals surface area contributed by atoms with Crippen molar-refractivity contribution in [2.24, 2.45) is 11.7 Å². The molecule has 186 valence electrons. The molecular formula is C26H31N3O5S. The van der Waals surface area contributed by atoms with E-state index in [1.54, 1.807) is 40.7 Å². The van der Waals surface area contributed by atoms with Gasteiger partial charge < -0.3 is 25.0 Å². The van der Waals surface area contributed by atoms with Crippen LogP contribution in [0, 0.1) is 5.92 Å². The number of primary amides is 1. The first kappa shape index (κ1) is 24.9. The molecule has 2 aliphatic rings. The Morgan fingerprint density at radius 3 is 2.17 bits per heavy atom. The summed E-state index contributed by atoms with van der Waals surface area (Å²) in [6.07, 6.45) is 3.08. The summed E-state index contributed by atoms with van der Waals surface area (Å²) >= 11 is 1.63. The van der Waals surface area contributed by atoms with Gasteiger partial charge in [0.1, 0.15) is 0 Å². The maximum absolute atomic E-state index is 14.1. The number of hydrogen-bond donors (Lipinski definition) is 1. The van der Waals surface area contributed by atoms with Gasteiger partial charge in [-0.15, -0.1) is 11.8 Å². The summed E-state index contributed by atoms with van der Waals surface area (Å²) in [5.74, 6) is -0.557. The van der Waals surface area contributed by atoms with E-state index in [2.05, 4.69) is 0 Å². The lowest BCUT2D eigenvalue weighted by atomic mass is 9.78. The van der Waals surface area contributed by atoms with Gasteiger partial charge >= 0.3 is 0 Å². The summed E-state index contributed by atoms with van der Waals surface area (Å²) in [4.78, 5) is 43.8. The van der Waals surface area contributed by atoms with Crippen LogP contribution in [0.3, 0.4) is 0 Å². The summed E-state index contributed by atoms with van der Waals surface area (Å²) in [6.45, 7) is 0.892. The second-order valence-electron chi connectivity index (χ2n) is 8.91. The van der Waals surface area contributed by atoms with Crippen molar-refractivity contribution in [3.63, 3.8) is 0 Å². The van der Waals surface area contributed by atoms with Gasteiger partial charge in [-0.1, -0.05) is 12.1 Å². The van der Waals surface area contributed by atoms with E-state index in [9.17, 15) is 14.4 Å². The van der Waals surface area contributed by atoms with Crippen LogP contribution in [0.5, 0.6) is 11.5 Å². The normalized spacial score (nSPS) is 20.4. The molecule has 2 heterocycles. The average molecular weight is 498 g/mol. The van der Waals surface area contributed by atoms with E-state index in [1.807, 2.05) is 30.5 Å². The molecular weight excluding hydrogens is 466 g/mol. The highest BCUT2D eigenvalue weighted by Gasteiger charge is 2.45. The molecule has 2 aromatic rings. The smallest absolute Gasteiger partial charge is 0.254 e. The maximum Gasteiger partial charge on any atom is 0.254 e. The fourth-order valence-electron chi connectivity index (χ4n) is 5.11. The van der Waals surface area contributed by atoms with Gasteiger partial charge in [0.2, 0.25) is 11.8 Å². The van der Waals surface area contributed by atoms with Crippen molar-refractivity contribution in [3.05, 3.63) is 53.1 Å². The number of rotatable bonds is 6. The second kappa shape index (κ2) is 10.2. The molecule has 2 aromatic carbocycles. The predicted octanol–water partition coefficient (Wildman–Crippen LogP) is 3.06. The largest absolute Gasteiger partial charge is 0.493 e. The number of likely N-dealkylation sites (tertiary alicyclic amines) is 1. The van der Waals surface area contributed by atoms with E-state index in [0.717, 1.165) is 10.5 Å². The van der Waals surface area contributed by atoms with Gasteiger partial charge in [0.05, 0.1) is 26.2 Å². The third-order valence-electron chi connectivity index (χ3n) is 7.11. The van der Waals surface area contributed by atoms with Crippen molar-refractivity contribution in [1.82, 2.24) is 9.80 Å². The summed E-state index contributed by atoms with van der Waals surface area (Å²) < 4.78 is 11.0. The molecule has 4 rings (SSSR count). The molecule has 9 heteroatoms. The van der Waals surface area contributed by atoms with Crippen molar-refractivity contribution >= 4 is 29.5 Å². The Kier molecular flexibility index (Phi) is 7.25. The monoisotopic (exact) mass is 497 g/mol. The minimum Gasteiger partial charge on any atom is -0.493 e. The first-order chi connectivity index (χ1) is 16.8. The Morgan fingerprint density at radius 1 is 1.03 bits per heavy atom. The average Bonchev–Trinajstić information content (AvgIpc) is 2.89. The molecule has 0 aromatic heterocycles. The third kappa shape index (κ3) is 4.57. The molecule has 0 saturated carbocycles. The number of nitrogens with zero attached hydrogens (tertiary/aromatic N) is 2. The first-order valence-corrected chi connectivity index (χ1v) is 12.8. The van der Waals surface area contributed by atoms with Crippen LogP contribution in [0.15, 0.2) is 41.3 Å². The van der Waals surface area contributed by atoms with Crippen LogP contribution < -0.4 is 15.2 Å². The minimum absolute atomic E-state index is 0.0836. The number of carbonyl (C=O) groups is 3. The topological polar surface area (TPSA) is 102 Å². The van der Waals surface area contributed by atoms with Crippen LogP contribution in [-0.4, -0.2) is 68.1 Å². The lowest BCUT2D eigenvalue weighted by molar-refractivity contribution is -0.137. The lowest BCUT2D eigenvalue weighted by Crippen LogP contribution is -2.49. The number of amides is 3. The van der Waals surface area contributed by atoms with Gasteiger partial charge in [-0.25, -0.2) is 0 Å². The SMILES string of the molecule is COc1cc2c(cc1OC)C(C(=O)N1CCC(C(N)=O)CC1)C(c1ccc(SC)cc1)N(C)C2=O. The quantitative estimate of drug-likeness (QED) is 0.616. The molecule has 2 aliphatic heterocycles. The maximum atomic E-state index is 14.1. The van der Waals surface area contributed by atoms with Crippen LogP contribution in [0.1, 0.15) is 46.3 Å². The molecule has 0 radical (unpaired) electrons. The number of methoxy groups -OCH3 is 2. The zero-order valence-corrected chi connectivity index (χ0v) is 21.3. The number of benzene rings is 2. The number of likely N-dealkylation sites (N-methyl/N-ethyl adjacent to an activating group) is 1. The van der Waals surface area contributed by atoms with E-state index >= 15 is 0 Å². The Balaban J connectivity index is 1.82. The number of piperidine rings is 1. The van der Waals surface area contributed by atoms with Crippen molar-refractivity contribution in [1.29, 1.82) is 0 Å². The Morgan fingerprint density at radius 2 is 1.63 bits per heavy atom. The first-order valence-electron chi connectivity index (χ1n) is 11.6. The van der Waals surface area contributed by atoms with Gasteiger partial charge in [-0.05, 0) is 54.5 Å². The van der Waals surface area contributed by atoms with Crippen molar-refractivity contribution in [3.8, 4) is 11.5 Å². The second-order valence-corrected chi connectivity index (χ2v) is 9.79. The highest BCUT2D eigenvalue weighted by molar-refractivity contribution is 7.98. The molecule has 0 bridgehead atoms. The van der Waals surface area contributed by atoms with Crippen LogP contribution in [0.25, 0.3) is 0 Å². The Labute approximate surface area is 209 Å². The molecule has 35 heavy (non-hydrogen) atoms. The molecule has 0 aliphatic carbocycles. The molecule has 0 spiro atoms. The molecule has 3 amide bonds. The molecule has 8 nitrogen and oxygen atoms in total. The number of ether oxygens (including phenoxy) is 2. The molecule has 2 N–H and O–H groups in total. The van der Waals surface area contributed by atoms with Gasteiger partial charge in [-0.2, -0.15) is 0 Å². The number of fused-ring (bicyclic) bond motifs is 1. The molecule has 1 fully saturated rings. The van der Waals surface area contributed by atoms with E-state index < -0.39 is 12.0 Å². The Bertz CT molecular complexity index is 1130. The Hall–Kier alpha value is -3.20. The highest BCUT2D eigenvalue weighted by Crippen LogP contribution is 2.46. The van der Waals surface area contributed by atoms with E-state index in [0.29, 0.717) is 48.6 Å². The molecule has 2 atom stereocenters. The van der Waals surface area contributed by atoms with Gasteiger partial charge in [-0.3, -0.25) is 14.4 Å². The zero-order valence-electron chi connectivity index (χ0n) is 20.4. The number of thioether (sulfide) groups is 1. The summed E-state index contributed by atoms with van der Waals surface area (Å²) in [5.41, 5.74) is 7.42. The van der Waals surface area contributed by atoms with Gasteiger partial charge in [0.15, 0.2) is 11.5 Å². The molecule has 2 unspecified atom stereocenters. The predicted molar refractivity (Wildman–Crippen MR) is 134 cm³/mol. The summed E-state index contributed by atoms with van der Waals surface area (Å²) in [7, 11) is 4.78. The van der Waals surface area contributed by atoms with Crippen LogP contribution in [0.2, 0.25) is 0 Å². The van der Waals surface area contributed by atoms with E-state index in [-0.39, 0.29) is 23.6 Å². The fourth-order valence-corrected chi connectivity index (χ4v) is 5.52. The number of nitrogens with two attached hydrogens (primary N) is 1. The zero-order chi connectivity index (χ0) is 25.3. The third-order valence-corrected chi connectivity index (χ3v) is 7.85. The number of carbonyl (C=O) groups excluding carboxylic acids is 3. The van der Waals surface area contributed by atoms with E-state index in [4.69, 9.17) is 15.2 Å². The van der Waals surface area contributed by atoms with Crippen molar-refractivity contribution in [2.75, 3.05) is 40.6 Å². The van der Waals surface area contributed by atoms with Crippen LogP contribution >= 0.6 is 11.8 Å². The van der Waals surface area contributed by atoms with Crippen molar-refractivity contribution in [2.45, 2.75) is 29.7 Å². The van der Waals surface area contributed by atoms with Crippen molar-refractivity contribution < 1.29 is 23.9 Å². The summed E-state index contributed by atoms with van der Waals surface area (Å²) in [6, 6.07) is 10.9. The van der Waals surface area contributed by atoms with Gasteiger partial charge in [0.25, 0.3) is 5.91 Å². The van der Waals surface area contributed by atoms with Crippen LogP contribution in [-0.2, 0) is 9.59 Å². The fraction of sp³-hybridized carbons (Fsp3) is 0.423. The molecule has 1 saturated heterocycles. The highest BCUT2D eigenvalue weighted by atomic mass is 32.2. The van der Waals surface area contributed by atoms with E-state index in [1.165, 1.54) is 14.2 Å². The van der Waals surface area contributed by atoms with Gasteiger partial charge in [0, 0.05) is 36.5 Å². The number of hydrogen-bond acceptors (Lipinski definition) is 6. The standard InChI is InChI=1S/C26H31N3O5S/c1-28-23(15-5-7-17(35-4)8-6-15)22(26(32)29-11-9-16(10-12-29)24(27)30)18-13-20(33-2)21(34-3)14-19(18)25(28)31/h5-8,13-14,16,22-23H,9-12H2,1-4H3,(H2,27,30). The minimum atomic E-state index is -0.641. The lowest BCUT2D eigenvalue weighted by Gasteiger charge is -2.43. The summed E-state index contributed by atoms with van der Waals surface area (Å²) in [5, 5.41) is 0. The van der Waals surface area contributed by atoms with Crippen LogP contribution in [0.4, 0.5) is 0 Å².